The summed E-state index contributed by atoms with van der Waals surface area (Å²) in [7, 11) is 1.00. The van der Waals surface area contributed by atoms with Crippen LogP contribution in [0.4, 0.5) is 8.78 Å². The van der Waals surface area contributed by atoms with Gasteiger partial charge in [0.15, 0.2) is 0 Å². The van der Waals surface area contributed by atoms with Gasteiger partial charge in [0.05, 0.1) is 14.4 Å². The zero-order valence-corrected chi connectivity index (χ0v) is 20.0. The molecule has 0 unspecified atom stereocenters. The summed E-state index contributed by atoms with van der Waals surface area (Å²) in [6.07, 6.45) is 12.5. The summed E-state index contributed by atoms with van der Waals surface area (Å²) in [5.41, 5.74) is 5.79. The molecule has 2 fully saturated rings. The van der Waals surface area contributed by atoms with Crippen molar-refractivity contribution in [2.45, 2.75) is 77.6 Å². The molecular weight excluding hydrogens is 386 g/mol. The molecule has 0 aromatic heterocycles. The monoisotopic (exact) mass is 428 g/mol. The Morgan fingerprint density at radius 2 is 1.00 bits per heavy atom. The fraction of sp³-hybridized carbons (Fsp3) is 0.586. The largest absolute Gasteiger partial charge is 0.255 e. The molecule has 4 rings (SSSR count). The van der Waals surface area contributed by atoms with Gasteiger partial charge in [-0.15, -0.1) is 0 Å². The van der Waals surface area contributed by atoms with Crippen LogP contribution in [0.15, 0.2) is 48.5 Å². The Labute approximate surface area is 189 Å². The highest BCUT2D eigenvalue weighted by Crippen LogP contribution is 2.36. The van der Waals surface area contributed by atoms with E-state index in [1.165, 1.54) is 74.5 Å². The van der Waals surface area contributed by atoms with E-state index in [0.29, 0.717) is 14.4 Å². The minimum Gasteiger partial charge on any atom is -0.255 e. The average molecular weight is 429 g/mol. The molecule has 0 amide bonds. The molecule has 0 heterocycles. The van der Waals surface area contributed by atoms with Crippen molar-refractivity contribution < 1.29 is 8.78 Å². The number of halogens is 2. The quantitative estimate of drug-likeness (QED) is 0.455. The van der Waals surface area contributed by atoms with Gasteiger partial charge in [-0.1, -0.05) is 88.1 Å². The molecule has 0 radical (unpaired) electrons. The van der Waals surface area contributed by atoms with Crippen LogP contribution in [0, 0.1) is 17.8 Å². The Kier molecular flexibility index (Phi) is 11.3. The first-order chi connectivity index (χ1) is 15.2. The number of alkyl halides is 2. The van der Waals surface area contributed by atoms with Crippen LogP contribution >= 0.6 is 0 Å². The van der Waals surface area contributed by atoms with Crippen molar-refractivity contribution in [1.29, 1.82) is 0 Å². The Morgan fingerprint density at radius 3 is 1.48 bits per heavy atom. The summed E-state index contributed by atoms with van der Waals surface area (Å²) in [5, 5.41) is 0. The molecule has 31 heavy (non-hydrogen) atoms. The van der Waals surface area contributed by atoms with E-state index in [9.17, 15) is 8.78 Å². The minimum absolute atomic E-state index is 0.500. The first-order valence-corrected chi connectivity index (χ1v) is 12.1. The van der Waals surface area contributed by atoms with Gasteiger partial charge in [-0.2, -0.15) is 0 Å². The Balaban J connectivity index is 0.000000807. The molecule has 0 aliphatic heterocycles. The van der Waals surface area contributed by atoms with Crippen molar-refractivity contribution >= 4 is 0 Å². The molecule has 2 aliphatic rings. The van der Waals surface area contributed by atoms with Gasteiger partial charge in [0.25, 0.3) is 0 Å². The van der Waals surface area contributed by atoms with Crippen LogP contribution in [0.25, 0.3) is 11.1 Å². The zero-order chi connectivity index (χ0) is 22.6. The lowest BCUT2D eigenvalue weighted by Crippen LogP contribution is -2.14. The smallest absolute Gasteiger partial charge is 0.0785 e. The topological polar surface area (TPSA) is 0 Å². The van der Waals surface area contributed by atoms with Crippen LogP contribution in [-0.2, 0) is 6.42 Å². The van der Waals surface area contributed by atoms with Gasteiger partial charge in [-0.3, -0.25) is 8.78 Å². The van der Waals surface area contributed by atoms with E-state index in [-0.39, 0.29) is 0 Å². The predicted octanol–water partition coefficient (Wildman–Crippen LogP) is 9.19. The van der Waals surface area contributed by atoms with Gasteiger partial charge < -0.3 is 0 Å². The van der Waals surface area contributed by atoms with Crippen molar-refractivity contribution in [2.75, 3.05) is 14.4 Å². The fourth-order valence-corrected chi connectivity index (χ4v) is 5.24. The van der Waals surface area contributed by atoms with E-state index in [1.807, 2.05) is 0 Å². The molecule has 0 nitrogen and oxygen atoms in total. The highest BCUT2D eigenvalue weighted by molar-refractivity contribution is 5.64. The molecule has 172 valence electrons. The van der Waals surface area contributed by atoms with Crippen molar-refractivity contribution in [3.8, 4) is 11.1 Å². The highest BCUT2D eigenvalue weighted by atomic mass is 19.1. The summed E-state index contributed by atoms with van der Waals surface area (Å²) in [4.78, 5) is 0. The van der Waals surface area contributed by atoms with Crippen molar-refractivity contribution in [2.24, 2.45) is 17.8 Å². The third-order valence-electron chi connectivity index (χ3n) is 7.35. The number of hydrogen-bond donors (Lipinski definition) is 0. The third-order valence-corrected chi connectivity index (χ3v) is 7.35. The molecule has 2 aromatic carbocycles. The van der Waals surface area contributed by atoms with Crippen LogP contribution in [0.1, 0.15) is 82.3 Å². The standard InChI is InChI=1S/C27H36.2CH3F/c1-20-3-7-22(8-4-20)19-23-9-13-25(14-10-23)27-17-15-26(16-18-27)24-11-5-21(2)6-12-24;2*1-2/h9-10,13-18,20-22,24H,3-8,11-12,19H2,1-2H3;2*1H3. The van der Waals surface area contributed by atoms with E-state index in [0.717, 1.165) is 23.7 Å². The predicted molar refractivity (Wildman–Crippen MR) is 131 cm³/mol. The summed E-state index contributed by atoms with van der Waals surface area (Å²) >= 11 is 0. The van der Waals surface area contributed by atoms with Gasteiger partial charge in [0.2, 0.25) is 0 Å². The summed E-state index contributed by atoms with van der Waals surface area (Å²) < 4.78 is 19.0. The van der Waals surface area contributed by atoms with Crippen molar-refractivity contribution in [3.63, 3.8) is 0 Å². The normalized spacial score (nSPS) is 25.5. The van der Waals surface area contributed by atoms with Crippen LogP contribution in [0.5, 0.6) is 0 Å². The average Bonchev–Trinajstić information content (AvgIpc) is 2.84. The third kappa shape index (κ3) is 7.74. The van der Waals surface area contributed by atoms with Crippen LogP contribution in [0.3, 0.4) is 0 Å². The molecular formula is C29H42F2. The Hall–Kier alpha value is -1.70. The maximum absolute atomic E-state index is 9.50. The van der Waals surface area contributed by atoms with Gasteiger partial charge in [0.1, 0.15) is 0 Å². The second-order valence-corrected chi connectivity index (χ2v) is 9.61. The maximum atomic E-state index is 9.50. The summed E-state index contributed by atoms with van der Waals surface area (Å²) in [5.74, 6) is 3.57. The SMILES string of the molecule is CC1CCC(Cc2ccc(-c3ccc(C4CCC(C)CC4)cc3)cc2)CC1.CF.CF. The van der Waals surface area contributed by atoms with Crippen molar-refractivity contribution in [1.82, 2.24) is 0 Å². The maximum Gasteiger partial charge on any atom is 0.0785 e. The van der Waals surface area contributed by atoms with E-state index in [2.05, 4.69) is 62.4 Å². The number of benzene rings is 2. The Bertz CT molecular complexity index is 703. The lowest BCUT2D eigenvalue weighted by atomic mass is 9.79. The van der Waals surface area contributed by atoms with Gasteiger partial charge in [0, 0.05) is 0 Å². The second kappa shape index (κ2) is 13.7. The number of hydrogen-bond acceptors (Lipinski definition) is 0. The molecule has 0 spiro atoms. The lowest BCUT2D eigenvalue weighted by Gasteiger charge is -2.26. The molecule has 2 saturated carbocycles. The first-order valence-electron chi connectivity index (χ1n) is 12.1. The molecule has 0 saturated heterocycles. The molecule has 2 aromatic rings. The summed E-state index contributed by atoms with van der Waals surface area (Å²) in [6, 6.07) is 18.8. The fourth-order valence-electron chi connectivity index (χ4n) is 5.24. The van der Waals surface area contributed by atoms with Crippen LogP contribution in [0.2, 0.25) is 0 Å². The zero-order valence-electron chi connectivity index (χ0n) is 20.0. The second-order valence-electron chi connectivity index (χ2n) is 9.61. The van der Waals surface area contributed by atoms with Gasteiger partial charge >= 0.3 is 0 Å². The van der Waals surface area contributed by atoms with E-state index >= 15 is 0 Å². The van der Waals surface area contributed by atoms with Crippen LogP contribution in [-0.4, -0.2) is 14.4 Å². The van der Waals surface area contributed by atoms with Crippen molar-refractivity contribution in [3.05, 3.63) is 59.7 Å². The number of rotatable bonds is 4. The minimum atomic E-state index is 0.500. The lowest BCUT2D eigenvalue weighted by molar-refractivity contribution is 0.289. The van der Waals surface area contributed by atoms with Gasteiger partial charge in [-0.25, -0.2) is 0 Å². The van der Waals surface area contributed by atoms with E-state index < -0.39 is 0 Å². The van der Waals surface area contributed by atoms with E-state index in [4.69, 9.17) is 0 Å². The highest BCUT2D eigenvalue weighted by Gasteiger charge is 2.20. The van der Waals surface area contributed by atoms with E-state index in [1.54, 1.807) is 5.56 Å². The molecule has 0 bridgehead atoms. The molecule has 2 heteroatoms. The summed E-state index contributed by atoms with van der Waals surface area (Å²) in [6.45, 7) is 4.81. The Morgan fingerprint density at radius 1 is 0.581 bits per heavy atom. The van der Waals surface area contributed by atoms with Crippen LogP contribution < -0.4 is 0 Å². The van der Waals surface area contributed by atoms with Gasteiger partial charge in [-0.05, 0) is 78.0 Å². The molecule has 2 aliphatic carbocycles. The first kappa shape index (κ1) is 25.6. The molecule has 0 atom stereocenters. The molecule has 0 N–H and O–H groups in total.